The van der Waals surface area contributed by atoms with Crippen LogP contribution >= 0.6 is 0 Å². The summed E-state index contributed by atoms with van der Waals surface area (Å²) in [6.45, 7) is 3.00. The van der Waals surface area contributed by atoms with Crippen molar-refractivity contribution in [1.82, 2.24) is 19.4 Å². The van der Waals surface area contributed by atoms with Crippen molar-refractivity contribution in [3.05, 3.63) is 59.5 Å². The average molecular weight is 400 g/mol. The molecule has 0 spiro atoms. The molecule has 1 aliphatic carbocycles. The molecule has 2 fully saturated rings. The zero-order valence-corrected chi connectivity index (χ0v) is 16.2. The average Bonchev–Trinajstić information content (AvgIpc) is 3.01. The fourth-order valence-electron chi connectivity index (χ4n) is 4.90. The molecule has 0 N–H and O–H groups in total. The maximum absolute atomic E-state index is 12.7. The van der Waals surface area contributed by atoms with Gasteiger partial charge in [-0.25, -0.2) is 9.97 Å². The van der Waals surface area contributed by atoms with E-state index in [2.05, 4.69) is 19.4 Å². The third kappa shape index (κ3) is 3.52. The second kappa shape index (κ2) is 6.83. The molecule has 4 nitrogen and oxygen atoms in total. The van der Waals surface area contributed by atoms with E-state index < -0.39 is 11.7 Å². The number of aryl methyl sites for hydroxylation is 2. The van der Waals surface area contributed by atoms with Crippen LogP contribution in [0.4, 0.5) is 13.2 Å². The van der Waals surface area contributed by atoms with Crippen LogP contribution in [-0.2, 0) is 26.2 Å². The molecule has 0 amide bonds. The van der Waals surface area contributed by atoms with Crippen molar-refractivity contribution in [3.8, 4) is 0 Å². The predicted octanol–water partition coefficient (Wildman–Crippen LogP) is 4.30. The van der Waals surface area contributed by atoms with E-state index in [0.717, 1.165) is 66.9 Å². The summed E-state index contributed by atoms with van der Waals surface area (Å²) in [6, 6.07) is 9.59. The summed E-state index contributed by atoms with van der Waals surface area (Å²) in [5.41, 5.74) is 2.27. The molecule has 7 heteroatoms. The van der Waals surface area contributed by atoms with Crippen LogP contribution in [0.15, 0.2) is 42.6 Å². The molecular formula is C22H23F3N4. The molecule has 3 atom stereocenters. The molecule has 1 aliphatic heterocycles. The first-order valence-corrected chi connectivity index (χ1v) is 10.0. The Hall–Kier alpha value is -2.41. The van der Waals surface area contributed by atoms with Crippen LogP contribution in [-0.4, -0.2) is 32.5 Å². The van der Waals surface area contributed by atoms with Gasteiger partial charge in [0.25, 0.3) is 0 Å². The van der Waals surface area contributed by atoms with E-state index in [1.807, 2.05) is 19.2 Å². The number of piperidine rings is 1. The Bertz CT molecular complexity index is 1010. The van der Waals surface area contributed by atoms with Gasteiger partial charge in [-0.3, -0.25) is 4.90 Å². The van der Waals surface area contributed by atoms with E-state index in [1.54, 1.807) is 18.3 Å². The van der Waals surface area contributed by atoms with Crippen LogP contribution in [0, 0.1) is 17.8 Å². The second-order valence-corrected chi connectivity index (χ2v) is 8.35. The number of aromatic nitrogens is 3. The highest BCUT2D eigenvalue weighted by atomic mass is 19.4. The highest BCUT2D eigenvalue weighted by Gasteiger charge is 2.54. The minimum atomic E-state index is -4.26. The highest BCUT2D eigenvalue weighted by Crippen LogP contribution is 2.54. The van der Waals surface area contributed by atoms with Gasteiger partial charge in [-0.2, -0.15) is 13.2 Å². The molecule has 0 bridgehead atoms. The van der Waals surface area contributed by atoms with Crippen molar-refractivity contribution >= 4 is 11.2 Å². The van der Waals surface area contributed by atoms with Crippen LogP contribution in [0.2, 0.25) is 0 Å². The molecule has 0 radical (unpaired) electrons. The number of nitrogens with zero attached hydrogens (tertiary/aromatic N) is 4. The predicted molar refractivity (Wildman–Crippen MR) is 104 cm³/mol. The Morgan fingerprint density at radius 1 is 1.07 bits per heavy atom. The topological polar surface area (TPSA) is 34.0 Å². The Morgan fingerprint density at radius 2 is 1.79 bits per heavy atom. The van der Waals surface area contributed by atoms with E-state index in [4.69, 9.17) is 0 Å². The van der Waals surface area contributed by atoms with Crippen molar-refractivity contribution in [2.24, 2.45) is 24.8 Å². The van der Waals surface area contributed by atoms with Gasteiger partial charge >= 0.3 is 6.18 Å². The molecule has 29 heavy (non-hydrogen) atoms. The standard InChI is InChI=1S/C22H23F3N4/c1-28-19-3-2-10-26-21(19)27-20(28)13-29-11-17-16(18(17)12-29)9-6-14-4-7-15(8-5-14)22(23,24)25/h2-5,7-8,10,16-18H,6,9,11-13H2,1H3/t16?,17-,18+. The Labute approximate surface area is 167 Å². The lowest BCUT2D eigenvalue weighted by atomic mass is 10.0. The molecule has 2 aromatic heterocycles. The van der Waals surface area contributed by atoms with Gasteiger partial charge in [0, 0.05) is 26.3 Å². The number of hydrogen-bond acceptors (Lipinski definition) is 3. The van der Waals surface area contributed by atoms with Gasteiger partial charge in [-0.1, -0.05) is 12.1 Å². The Balaban J connectivity index is 1.13. The molecule has 5 rings (SSSR count). The number of pyridine rings is 1. The summed E-state index contributed by atoms with van der Waals surface area (Å²) in [7, 11) is 2.04. The zero-order chi connectivity index (χ0) is 20.2. The largest absolute Gasteiger partial charge is 0.416 e. The van der Waals surface area contributed by atoms with Gasteiger partial charge in [0.1, 0.15) is 5.82 Å². The van der Waals surface area contributed by atoms with Crippen molar-refractivity contribution in [2.75, 3.05) is 13.1 Å². The Morgan fingerprint density at radius 3 is 2.45 bits per heavy atom. The highest BCUT2D eigenvalue weighted by molar-refractivity contribution is 5.71. The minimum Gasteiger partial charge on any atom is -0.329 e. The maximum Gasteiger partial charge on any atom is 0.416 e. The van der Waals surface area contributed by atoms with E-state index >= 15 is 0 Å². The third-order valence-corrected chi connectivity index (χ3v) is 6.61. The normalized spacial score (nSPS) is 24.2. The van der Waals surface area contributed by atoms with E-state index in [-0.39, 0.29) is 0 Å². The molecule has 1 saturated heterocycles. The molecule has 1 unspecified atom stereocenters. The molecule has 1 saturated carbocycles. The lowest BCUT2D eigenvalue weighted by Crippen LogP contribution is -2.25. The van der Waals surface area contributed by atoms with Crippen LogP contribution in [0.3, 0.4) is 0 Å². The summed E-state index contributed by atoms with van der Waals surface area (Å²) in [4.78, 5) is 11.5. The van der Waals surface area contributed by atoms with Gasteiger partial charge in [0.05, 0.1) is 17.6 Å². The minimum absolute atomic E-state index is 0.572. The van der Waals surface area contributed by atoms with Gasteiger partial charge < -0.3 is 4.57 Å². The van der Waals surface area contributed by atoms with Crippen molar-refractivity contribution in [1.29, 1.82) is 0 Å². The van der Waals surface area contributed by atoms with E-state index in [1.165, 1.54) is 12.1 Å². The van der Waals surface area contributed by atoms with Crippen molar-refractivity contribution in [3.63, 3.8) is 0 Å². The van der Waals surface area contributed by atoms with E-state index in [9.17, 15) is 13.2 Å². The van der Waals surface area contributed by atoms with Crippen molar-refractivity contribution < 1.29 is 13.2 Å². The molecule has 1 aromatic carbocycles. The van der Waals surface area contributed by atoms with Gasteiger partial charge in [0.15, 0.2) is 5.65 Å². The van der Waals surface area contributed by atoms with E-state index in [0.29, 0.717) is 5.92 Å². The summed E-state index contributed by atoms with van der Waals surface area (Å²) < 4.78 is 40.1. The quantitative estimate of drug-likeness (QED) is 0.641. The zero-order valence-electron chi connectivity index (χ0n) is 16.2. The number of fused-ring (bicyclic) bond motifs is 2. The number of benzene rings is 1. The summed E-state index contributed by atoms with van der Waals surface area (Å²) >= 11 is 0. The van der Waals surface area contributed by atoms with Gasteiger partial charge in [-0.05, 0) is 60.4 Å². The SMILES string of the molecule is Cn1c(CN2C[C@@H]3C(CCc4ccc(C(F)(F)F)cc4)[C@@H]3C2)nc2ncccc21. The molecule has 2 aliphatic rings. The van der Waals surface area contributed by atoms with Crippen LogP contribution < -0.4 is 0 Å². The first kappa shape index (κ1) is 18.6. The van der Waals surface area contributed by atoms with Crippen molar-refractivity contribution in [2.45, 2.75) is 25.6 Å². The second-order valence-electron chi connectivity index (χ2n) is 8.35. The number of imidazole rings is 1. The number of alkyl halides is 3. The first-order valence-electron chi connectivity index (χ1n) is 10.0. The molecular weight excluding hydrogens is 377 g/mol. The summed E-state index contributed by atoms with van der Waals surface area (Å²) in [6.07, 6.45) is -0.576. The Kier molecular flexibility index (Phi) is 4.38. The fourth-order valence-corrected chi connectivity index (χ4v) is 4.90. The smallest absolute Gasteiger partial charge is 0.329 e. The fraction of sp³-hybridized carbons (Fsp3) is 0.455. The summed E-state index contributed by atoms with van der Waals surface area (Å²) in [5, 5.41) is 0. The number of halogens is 3. The van der Waals surface area contributed by atoms with Gasteiger partial charge in [0.2, 0.25) is 0 Å². The van der Waals surface area contributed by atoms with Gasteiger partial charge in [-0.15, -0.1) is 0 Å². The first-order chi connectivity index (χ1) is 13.9. The lowest BCUT2D eigenvalue weighted by Gasteiger charge is -2.19. The maximum atomic E-state index is 12.7. The van der Waals surface area contributed by atoms with Crippen LogP contribution in [0.5, 0.6) is 0 Å². The molecule has 3 heterocycles. The monoisotopic (exact) mass is 400 g/mol. The number of hydrogen-bond donors (Lipinski definition) is 0. The molecule has 3 aromatic rings. The summed E-state index contributed by atoms with van der Waals surface area (Å²) in [5.74, 6) is 3.19. The van der Waals surface area contributed by atoms with Crippen LogP contribution in [0.25, 0.3) is 11.2 Å². The lowest BCUT2D eigenvalue weighted by molar-refractivity contribution is -0.137. The molecule has 152 valence electrons. The van der Waals surface area contributed by atoms with Crippen LogP contribution in [0.1, 0.15) is 23.4 Å². The third-order valence-electron chi connectivity index (χ3n) is 6.61. The number of likely N-dealkylation sites (tertiary alicyclic amines) is 1. The number of rotatable bonds is 5.